The summed E-state index contributed by atoms with van der Waals surface area (Å²) in [6.07, 6.45) is 13.4. The summed E-state index contributed by atoms with van der Waals surface area (Å²) in [5.74, 6) is 0. The second kappa shape index (κ2) is 8.18. The lowest BCUT2D eigenvalue weighted by atomic mass is 10.0. The van der Waals surface area contributed by atoms with Crippen LogP contribution in [0, 0.1) is 0 Å². The molecule has 1 N–H and O–H groups in total. The summed E-state index contributed by atoms with van der Waals surface area (Å²) >= 11 is 0. The quantitative estimate of drug-likeness (QED) is 0.638. The van der Waals surface area contributed by atoms with E-state index in [1.54, 1.807) is 6.20 Å². The average Bonchev–Trinajstić information content (AvgIpc) is 2.95. The van der Waals surface area contributed by atoms with Crippen LogP contribution in [0.5, 0.6) is 0 Å². The van der Waals surface area contributed by atoms with Crippen molar-refractivity contribution in [1.29, 1.82) is 0 Å². The van der Waals surface area contributed by atoms with Gasteiger partial charge in [-0.05, 0) is 73.2 Å². The maximum Gasteiger partial charge on any atom is 0.0380 e. The SMILES string of the molecule is C=N/C=C\C1=C(CCC)C=C(c2ccc(N/C=C/C)cc2)C1. The molecule has 22 heavy (non-hydrogen) atoms. The van der Waals surface area contributed by atoms with E-state index in [0.717, 1.165) is 24.9 Å². The lowest BCUT2D eigenvalue weighted by molar-refractivity contribution is 0.921. The maximum absolute atomic E-state index is 3.83. The molecular weight excluding hydrogens is 268 g/mol. The lowest BCUT2D eigenvalue weighted by Crippen LogP contribution is -1.88. The fourth-order valence-corrected chi connectivity index (χ4v) is 2.63. The van der Waals surface area contributed by atoms with Crippen LogP contribution in [-0.4, -0.2) is 6.72 Å². The van der Waals surface area contributed by atoms with Gasteiger partial charge in [-0.2, -0.15) is 0 Å². The highest BCUT2D eigenvalue weighted by Gasteiger charge is 2.14. The Morgan fingerprint density at radius 1 is 1.27 bits per heavy atom. The van der Waals surface area contributed by atoms with E-state index < -0.39 is 0 Å². The number of hydrogen-bond donors (Lipinski definition) is 1. The molecule has 0 saturated heterocycles. The monoisotopic (exact) mass is 292 g/mol. The summed E-state index contributed by atoms with van der Waals surface area (Å²) in [5, 5.41) is 3.24. The number of allylic oxidation sites excluding steroid dienone is 6. The number of nitrogens with one attached hydrogen (secondary N) is 1. The molecule has 1 aliphatic carbocycles. The molecule has 0 radical (unpaired) electrons. The van der Waals surface area contributed by atoms with Gasteiger partial charge in [0.05, 0.1) is 0 Å². The van der Waals surface area contributed by atoms with Gasteiger partial charge in [-0.15, -0.1) is 0 Å². The molecule has 2 nitrogen and oxygen atoms in total. The number of benzene rings is 1. The summed E-state index contributed by atoms with van der Waals surface area (Å²) in [5.41, 5.74) is 6.56. The van der Waals surface area contributed by atoms with Crippen LogP contribution in [0.25, 0.3) is 5.57 Å². The zero-order valence-electron chi connectivity index (χ0n) is 13.5. The van der Waals surface area contributed by atoms with Crippen LogP contribution in [0.15, 0.2) is 71.0 Å². The molecule has 2 rings (SSSR count). The van der Waals surface area contributed by atoms with Gasteiger partial charge in [0.15, 0.2) is 0 Å². The van der Waals surface area contributed by atoms with Crippen molar-refractivity contribution in [2.24, 2.45) is 4.99 Å². The molecule has 1 aromatic carbocycles. The fourth-order valence-electron chi connectivity index (χ4n) is 2.63. The van der Waals surface area contributed by atoms with Crippen molar-refractivity contribution >= 4 is 18.0 Å². The van der Waals surface area contributed by atoms with E-state index >= 15 is 0 Å². The largest absolute Gasteiger partial charge is 0.362 e. The predicted octanol–water partition coefficient (Wildman–Crippen LogP) is 5.73. The molecule has 2 heteroatoms. The van der Waals surface area contributed by atoms with Gasteiger partial charge in [0, 0.05) is 11.9 Å². The van der Waals surface area contributed by atoms with E-state index in [0.29, 0.717) is 0 Å². The third-order valence-corrected chi connectivity index (χ3v) is 3.71. The molecule has 0 aromatic heterocycles. The first kappa shape index (κ1) is 16.0. The Kier molecular flexibility index (Phi) is 5.96. The van der Waals surface area contributed by atoms with Crippen LogP contribution >= 0.6 is 0 Å². The van der Waals surface area contributed by atoms with Crippen LogP contribution in [0.4, 0.5) is 5.69 Å². The summed E-state index contributed by atoms with van der Waals surface area (Å²) < 4.78 is 0. The Morgan fingerprint density at radius 3 is 2.68 bits per heavy atom. The van der Waals surface area contributed by atoms with Crippen molar-refractivity contribution in [2.75, 3.05) is 5.32 Å². The van der Waals surface area contributed by atoms with Crippen molar-refractivity contribution < 1.29 is 0 Å². The van der Waals surface area contributed by atoms with Crippen LogP contribution < -0.4 is 5.32 Å². The fraction of sp³-hybridized carbons (Fsp3) is 0.250. The van der Waals surface area contributed by atoms with E-state index in [4.69, 9.17) is 0 Å². The maximum atomic E-state index is 3.83. The summed E-state index contributed by atoms with van der Waals surface area (Å²) in [4.78, 5) is 3.83. The first-order valence-electron chi connectivity index (χ1n) is 7.81. The number of rotatable bonds is 7. The normalized spacial score (nSPS) is 14.9. The van der Waals surface area contributed by atoms with E-state index in [9.17, 15) is 0 Å². The smallest absolute Gasteiger partial charge is 0.0380 e. The van der Waals surface area contributed by atoms with Gasteiger partial charge >= 0.3 is 0 Å². The zero-order chi connectivity index (χ0) is 15.8. The van der Waals surface area contributed by atoms with Crippen molar-refractivity contribution in [2.45, 2.75) is 33.1 Å². The Balaban J connectivity index is 2.15. The highest BCUT2D eigenvalue weighted by Crippen LogP contribution is 2.35. The molecule has 0 aliphatic heterocycles. The second-order valence-corrected chi connectivity index (χ2v) is 5.37. The van der Waals surface area contributed by atoms with Gasteiger partial charge in [0.2, 0.25) is 0 Å². The van der Waals surface area contributed by atoms with Crippen molar-refractivity contribution in [1.82, 2.24) is 0 Å². The molecule has 0 spiro atoms. The van der Waals surface area contributed by atoms with E-state index in [-0.39, 0.29) is 0 Å². The standard InChI is InChI=1S/C20H24N2/c1-4-6-17-14-19(15-18(17)11-13-21-3)16-7-9-20(10-8-16)22-12-5-2/h5,7-14,22H,3-4,6,15H2,1-2H3/b12-5+,13-11-. The third kappa shape index (κ3) is 4.08. The molecule has 114 valence electrons. The zero-order valence-corrected chi connectivity index (χ0v) is 13.5. The highest BCUT2D eigenvalue weighted by atomic mass is 14.8. The van der Waals surface area contributed by atoms with Crippen LogP contribution in [0.1, 0.15) is 38.7 Å². The topological polar surface area (TPSA) is 24.4 Å². The van der Waals surface area contributed by atoms with Crippen LogP contribution in [0.2, 0.25) is 0 Å². The number of anilines is 1. The van der Waals surface area contributed by atoms with Crippen LogP contribution in [0.3, 0.4) is 0 Å². The first-order chi connectivity index (χ1) is 10.8. The minimum atomic E-state index is 0.975. The van der Waals surface area contributed by atoms with Crippen molar-refractivity contribution in [3.8, 4) is 0 Å². The van der Waals surface area contributed by atoms with Crippen molar-refractivity contribution in [3.05, 3.63) is 71.6 Å². The number of hydrogen-bond acceptors (Lipinski definition) is 2. The first-order valence-corrected chi connectivity index (χ1v) is 7.81. The Labute approximate surface area is 133 Å². The minimum Gasteiger partial charge on any atom is -0.362 e. The van der Waals surface area contributed by atoms with E-state index in [1.165, 1.54) is 22.3 Å². The van der Waals surface area contributed by atoms with Gasteiger partial charge in [-0.3, -0.25) is 4.99 Å². The predicted molar refractivity (Wildman–Crippen MR) is 98.1 cm³/mol. The molecule has 1 aromatic rings. The Hall–Kier alpha value is -2.35. The van der Waals surface area contributed by atoms with Gasteiger partial charge in [0.25, 0.3) is 0 Å². The highest BCUT2D eigenvalue weighted by molar-refractivity contribution is 5.76. The number of aliphatic imine (C=N–C) groups is 1. The second-order valence-electron chi connectivity index (χ2n) is 5.37. The Bertz CT molecular complexity index is 628. The van der Waals surface area contributed by atoms with E-state index in [1.807, 2.05) is 19.2 Å². The average molecular weight is 292 g/mol. The lowest BCUT2D eigenvalue weighted by Gasteiger charge is -2.05. The molecule has 0 fully saturated rings. The molecular formula is C20H24N2. The van der Waals surface area contributed by atoms with Crippen molar-refractivity contribution in [3.63, 3.8) is 0 Å². The van der Waals surface area contributed by atoms with E-state index in [2.05, 4.69) is 60.4 Å². The summed E-state index contributed by atoms with van der Waals surface area (Å²) in [7, 11) is 0. The molecule has 0 unspecified atom stereocenters. The minimum absolute atomic E-state index is 0.975. The molecule has 1 aliphatic rings. The van der Waals surface area contributed by atoms with Gasteiger partial charge < -0.3 is 5.32 Å². The van der Waals surface area contributed by atoms with Gasteiger partial charge in [0.1, 0.15) is 0 Å². The van der Waals surface area contributed by atoms with Gasteiger partial charge in [-0.25, -0.2) is 0 Å². The molecule has 0 atom stereocenters. The van der Waals surface area contributed by atoms with Crippen LogP contribution in [-0.2, 0) is 0 Å². The Morgan fingerprint density at radius 2 is 2.05 bits per heavy atom. The summed E-state index contributed by atoms with van der Waals surface area (Å²) in [6, 6.07) is 8.60. The molecule has 0 amide bonds. The number of nitrogens with zero attached hydrogens (tertiary/aromatic N) is 1. The molecule has 0 bridgehead atoms. The summed E-state index contributed by atoms with van der Waals surface area (Å²) in [6.45, 7) is 7.73. The third-order valence-electron chi connectivity index (χ3n) is 3.71. The molecule has 0 saturated carbocycles. The molecule has 0 heterocycles. The van der Waals surface area contributed by atoms with Gasteiger partial charge in [-0.1, -0.05) is 37.6 Å².